The van der Waals surface area contributed by atoms with E-state index in [4.69, 9.17) is 16.3 Å². The van der Waals surface area contributed by atoms with Gasteiger partial charge < -0.3 is 20.3 Å². The van der Waals surface area contributed by atoms with Crippen molar-refractivity contribution in [1.82, 2.24) is 5.32 Å². The lowest BCUT2D eigenvalue weighted by molar-refractivity contribution is -0.116. The van der Waals surface area contributed by atoms with Crippen molar-refractivity contribution in [2.45, 2.75) is 43.6 Å². The predicted octanol–water partition coefficient (Wildman–Crippen LogP) is 5.97. The third-order valence-corrected chi connectivity index (χ3v) is 8.12. The van der Waals surface area contributed by atoms with Crippen molar-refractivity contribution >= 4 is 34.8 Å². The van der Waals surface area contributed by atoms with E-state index in [0.717, 1.165) is 63.1 Å². The van der Waals surface area contributed by atoms with E-state index < -0.39 is 5.38 Å². The van der Waals surface area contributed by atoms with Gasteiger partial charge in [-0.15, -0.1) is 11.6 Å². The van der Waals surface area contributed by atoms with Crippen molar-refractivity contribution in [3.8, 4) is 0 Å². The zero-order valence-corrected chi connectivity index (χ0v) is 22.9. The number of halogens is 1. The van der Waals surface area contributed by atoms with Crippen LogP contribution in [-0.4, -0.2) is 44.2 Å². The molecule has 2 unspecified atom stereocenters. The SMILES string of the molecule is O=C(NCC1CCCO1)c1cc(NC(=O)C(Cl)c2ccccc2)ccc1N1CCC(Cc2ccccc2)CC1. The van der Waals surface area contributed by atoms with Gasteiger partial charge in [0.1, 0.15) is 5.38 Å². The molecule has 0 aromatic heterocycles. The maximum absolute atomic E-state index is 13.4. The van der Waals surface area contributed by atoms with Crippen molar-refractivity contribution < 1.29 is 14.3 Å². The highest BCUT2D eigenvalue weighted by Crippen LogP contribution is 2.31. The average molecular weight is 546 g/mol. The Bertz CT molecular complexity index is 1240. The van der Waals surface area contributed by atoms with Crippen molar-refractivity contribution in [2.24, 2.45) is 5.92 Å². The van der Waals surface area contributed by atoms with Gasteiger partial charge in [-0.2, -0.15) is 0 Å². The third-order valence-electron chi connectivity index (χ3n) is 7.67. The number of ether oxygens (including phenoxy) is 1. The van der Waals surface area contributed by atoms with Crippen LogP contribution in [0.2, 0.25) is 0 Å². The van der Waals surface area contributed by atoms with E-state index in [1.807, 2.05) is 42.5 Å². The molecule has 39 heavy (non-hydrogen) atoms. The molecule has 2 heterocycles. The van der Waals surface area contributed by atoms with E-state index in [1.165, 1.54) is 5.56 Å². The molecule has 2 N–H and O–H groups in total. The summed E-state index contributed by atoms with van der Waals surface area (Å²) in [5.41, 5.74) is 4.09. The fourth-order valence-corrected chi connectivity index (χ4v) is 5.68. The lowest BCUT2D eigenvalue weighted by Gasteiger charge is -2.35. The minimum absolute atomic E-state index is 0.0527. The number of rotatable bonds is 9. The first kappa shape index (κ1) is 27.2. The van der Waals surface area contributed by atoms with Crippen LogP contribution in [0.25, 0.3) is 0 Å². The highest BCUT2D eigenvalue weighted by atomic mass is 35.5. The van der Waals surface area contributed by atoms with Crippen molar-refractivity contribution in [3.05, 3.63) is 95.6 Å². The summed E-state index contributed by atoms with van der Waals surface area (Å²) < 4.78 is 5.69. The summed E-state index contributed by atoms with van der Waals surface area (Å²) >= 11 is 6.44. The third kappa shape index (κ3) is 7.20. The monoisotopic (exact) mass is 545 g/mol. The smallest absolute Gasteiger partial charge is 0.253 e. The van der Waals surface area contributed by atoms with Gasteiger partial charge in [0.05, 0.1) is 11.7 Å². The van der Waals surface area contributed by atoms with Gasteiger partial charge in [-0.05, 0) is 67.3 Å². The molecule has 7 heteroatoms. The number of alkyl halides is 1. The van der Waals surface area contributed by atoms with Gasteiger partial charge in [-0.1, -0.05) is 60.7 Å². The topological polar surface area (TPSA) is 70.7 Å². The summed E-state index contributed by atoms with van der Waals surface area (Å²) in [5, 5.41) is 5.14. The zero-order valence-electron chi connectivity index (χ0n) is 22.2. The molecule has 5 rings (SSSR count). The number of anilines is 2. The second kappa shape index (κ2) is 13.1. The van der Waals surface area contributed by atoms with Gasteiger partial charge in [-0.25, -0.2) is 0 Å². The Morgan fingerprint density at radius 2 is 1.67 bits per heavy atom. The molecule has 204 valence electrons. The molecular weight excluding hydrogens is 510 g/mol. The van der Waals surface area contributed by atoms with Crippen LogP contribution in [0.3, 0.4) is 0 Å². The minimum Gasteiger partial charge on any atom is -0.376 e. The Morgan fingerprint density at radius 3 is 2.36 bits per heavy atom. The summed E-state index contributed by atoms with van der Waals surface area (Å²) in [7, 11) is 0. The number of nitrogens with one attached hydrogen (secondary N) is 2. The van der Waals surface area contributed by atoms with Crippen molar-refractivity contribution in [3.63, 3.8) is 0 Å². The minimum atomic E-state index is -0.827. The number of carbonyl (C=O) groups is 2. The summed E-state index contributed by atoms with van der Waals surface area (Å²) in [5.74, 6) is 0.134. The van der Waals surface area contributed by atoms with Gasteiger partial charge in [-0.3, -0.25) is 9.59 Å². The van der Waals surface area contributed by atoms with Gasteiger partial charge in [0.2, 0.25) is 5.91 Å². The molecule has 2 atom stereocenters. The number of hydrogen-bond donors (Lipinski definition) is 2. The van der Waals surface area contributed by atoms with Crippen molar-refractivity contribution in [2.75, 3.05) is 36.5 Å². The number of amides is 2. The van der Waals surface area contributed by atoms with E-state index in [2.05, 4.69) is 45.9 Å². The second-order valence-electron chi connectivity index (χ2n) is 10.5. The molecule has 3 aromatic carbocycles. The molecule has 2 aliphatic rings. The van der Waals surface area contributed by atoms with Crippen LogP contribution < -0.4 is 15.5 Å². The maximum Gasteiger partial charge on any atom is 0.253 e. The van der Waals surface area contributed by atoms with E-state index in [-0.39, 0.29) is 17.9 Å². The first-order valence-electron chi connectivity index (χ1n) is 13.9. The molecule has 2 aliphatic heterocycles. The Balaban J connectivity index is 1.29. The molecule has 0 radical (unpaired) electrons. The van der Waals surface area contributed by atoms with Crippen LogP contribution in [0.15, 0.2) is 78.9 Å². The zero-order chi connectivity index (χ0) is 27.0. The predicted molar refractivity (Wildman–Crippen MR) is 156 cm³/mol. The van der Waals surface area contributed by atoms with Crippen LogP contribution in [0, 0.1) is 5.92 Å². The quantitative estimate of drug-likeness (QED) is 0.325. The molecule has 2 fully saturated rings. The van der Waals surface area contributed by atoms with E-state index in [0.29, 0.717) is 23.7 Å². The lowest BCUT2D eigenvalue weighted by atomic mass is 9.89. The van der Waals surface area contributed by atoms with Crippen LogP contribution in [-0.2, 0) is 16.0 Å². The standard InChI is InChI=1S/C32H36ClN3O3/c33-30(25-10-5-2-6-11-25)32(38)35-26-13-14-29(28(21-26)31(37)34-22-27-12-7-19-39-27)36-17-15-24(16-18-36)20-23-8-3-1-4-9-23/h1-6,8-11,13-14,21,24,27,30H,7,12,15-20,22H2,(H,34,37)(H,35,38). The Morgan fingerprint density at radius 1 is 0.949 bits per heavy atom. The van der Waals surface area contributed by atoms with Gasteiger partial charge in [0, 0.05) is 37.6 Å². The second-order valence-corrected chi connectivity index (χ2v) is 10.9. The fourth-order valence-electron chi connectivity index (χ4n) is 5.48. The normalized spacial score (nSPS) is 18.5. The fraction of sp³-hybridized carbons (Fsp3) is 0.375. The van der Waals surface area contributed by atoms with Crippen LogP contribution >= 0.6 is 11.6 Å². The molecule has 0 spiro atoms. The van der Waals surface area contributed by atoms with Gasteiger partial charge in [0.25, 0.3) is 5.91 Å². The van der Waals surface area contributed by atoms with E-state index in [1.54, 1.807) is 6.07 Å². The Labute approximate surface area is 235 Å². The molecule has 3 aromatic rings. The Hall–Kier alpha value is -3.35. The summed E-state index contributed by atoms with van der Waals surface area (Å²) in [4.78, 5) is 28.6. The summed E-state index contributed by atoms with van der Waals surface area (Å²) in [6, 6.07) is 25.4. The van der Waals surface area contributed by atoms with Crippen molar-refractivity contribution in [1.29, 1.82) is 0 Å². The lowest BCUT2D eigenvalue weighted by Crippen LogP contribution is -2.37. The number of piperidine rings is 1. The highest BCUT2D eigenvalue weighted by molar-refractivity contribution is 6.32. The van der Waals surface area contributed by atoms with Gasteiger partial charge >= 0.3 is 0 Å². The molecule has 6 nitrogen and oxygen atoms in total. The van der Waals surface area contributed by atoms with E-state index >= 15 is 0 Å². The highest BCUT2D eigenvalue weighted by Gasteiger charge is 2.25. The molecule has 2 saturated heterocycles. The molecule has 0 saturated carbocycles. The van der Waals surface area contributed by atoms with E-state index in [9.17, 15) is 9.59 Å². The van der Waals surface area contributed by atoms with Crippen LogP contribution in [0.4, 0.5) is 11.4 Å². The van der Waals surface area contributed by atoms with Crippen LogP contribution in [0.1, 0.15) is 52.5 Å². The first-order chi connectivity index (χ1) is 19.1. The summed E-state index contributed by atoms with van der Waals surface area (Å²) in [6.07, 6.45) is 5.23. The van der Waals surface area contributed by atoms with Crippen LogP contribution in [0.5, 0.6) is 0 Å². The number of benzene rings is 3. The maximum atomic E-state index is 13.4. The number of carbonyl (C=O) groups excluding carboxylic acids is 2. The summed E-state index contributed by atoms with van der Waals surface area (Å²) in [6.45, 7) is 2.98. The number of nitrogens with zero attached hydrogens (tertiary/aromatic N) is 1. The molecular formula is C32H36ClN3O3. The average Bonchev–Trinajstić information content (AvgIpc) is 3.51. The number of hydrogen-bond acceptors (Lipinski definition) is 4. The molecule has 0 bridgehead atoms. The molecule has 2 amide bonds. The van der Waals surface area contributed by atoms with Gasteiger partial charge in [0.15, 0.2) is 0 Å². The largest absolute Gasteiger partial charge is 0.376 e. The Kier molecular flexibility index (Phi) is 9.17. The molecule has 0 aliphatic carbocycles. The first-order valence-corrected chi connectivity index (χ1v) is 14.3.